The summed E-state index contributed by atoms with van der Waals surface area (Å²) in [5.41, 5.74) is 1.08. The molecule has 2 amide bonds. The fourth-order valence-electron chi connectivity index (χ4n) is 2.11. The van der Waals surface area contributed by atoms with Crippen molar-refractivity contribution >= 4 is 21.7 Å². The maximum absolute atomic E-state index is 12.5. The van der Waals surface area contributed by atoms with Gasteiger partial charge in [0.25, 0.3) is 10.0 Å². The molecule has 1 heterocycles. The molecule has 2 aromatic carbocycles. The van der Waals surface area contributed by atoms with Gasteiger partial charge >= 0.3 is 6.03 Å². The summed E-state index contributed by atoms with van der Waals surface area (Å²) in [5, 5.41) is 2.59. The Morgan fingerprint density at radius 2 is 1.60 bits per heavy atom. The Balaban J connectivity index is 2.03. The van der Waals surface area contributed by atoms with Crippen molar-refractivity contribution in [3.8, 4) is 0 Å². The first-order valence-corrected chi connectivity index (χ1v) is 7.50. The van der Waals surface area contributed by atoms with E-state index in [1.165, 1.54) is 6.07 Å². The van der Waals surface area contributed by atoms with Crippen LogP contribution in [0, 0.1) is 0 Å². The molecule has 6 heteroatoms. The van der Waals surface area contributed by atoms with Gasteiger partial charge in [0.1, 0.15) is 4.90 Å². The molecule has 0 aromatic heterocycles. The molecule has 20 heavy (non-hydrogen) atoms. The summed E-state index contributed by atoms with van der Waals surface area (Å²) < 4.78 is 25.8. The zero-order chi connectivity index (χ0) is 14.2. The van der Waals surface area contributed by atoms with Gasteiger partial charge in [0.15, 0.2) is 0 Å². The zero-order valence-electron chi connectivity index (χ0n) is 10.5. The number of rotatable bonds is 2. The fourth-order valence-corrected chi connectivity index (χ4v) is 3.57. The number of carbonyl (C=O) groups excluding carboxylic acids is 1. The third-order valence-electron chi connectivity index (χ3n) is 3.09. The Morgan fingerprint density at radius 3 is 2.35 bits per heavy atom. The lowest BCUT2D eigenvalue weighted by atomic mass is 10.2. The van der Waals surface area contributed by atoms with Gasteiger partial charge in [0.2, 0.25) is 0 Å². The van der Waals surface area contributed by atoms with E-state index in [1.54, 1.807) is 42.5 Å². The van der Waals surface area contributed by atoms with Crippen LogP contribution >= 0.6 is 0 Å². The van der Waals surface area contributed by atoms with E-state index >= 15 is 0 Å². The molecule has 0 fully saturated rings. The largest absolute Gasteiger partial charge is 0.336 e. The van der Waals surface area contributed by atoms with E-state index in [0.29, 0.717) is 5.69 Å². The van der Waals surface area contributed by atoms with E-state index in [2.05, 4.69) is 5.32 Å². The van der Waals surface area contributed by atoms with Gasteiger partial charge < -0.3 is 5.32 Å². The van der Waals surface area contributed by atoms with Gasteiger partial charge in [-0.25, -0.2) is 17.5 Å². The van der Waals surface area contributed by atoms with Gasteiger partial charge in [-0.05, 0) is 17.7 Å². The molecule has 0 radical (unpaired) electrons. The van der Waals surface area contributed by atoms with Crippen molar-refractivity contribution in [3.05, 3.63) is 60.2 Å². The molecular weight excluding hydrogens is 276 g/mol. The van der Waals surface area contributed by atoms with Gasteiger partial charge in [0, 0.05) is 0 Å². The van der Waals surface area contributed by atoms with Gasteiger partial charge in [-0.2, -0.15) is 0 Å². The number of urea groups is 1. The van der Waals surface area contributed by atoms with Crippen molar-refractivity contribution in [2.45, 2.75) is 11.4 Å². The molecule has 0 aliphatic carbocycles. The highest BCUT2D eigenvalue weighted by atomic mass is 32.2. The van der Waals surface area contributed by atoms with Crippen LogP contribution in [0.25, 0.3) is 0 Å². The first kappa shape index (κ1) is 12.7. The van der Waals surface area contributed by atoms with Crippen LogP contribution in [-0.2, 0) is 16.6 Å². The van der Waals surface area contributed by atoms with Crippen LogP contribution in [0.3, 0.4) is 0 Å². The number of hydrogen-bond donors (Lipinski definition) is 1. The zero-order valence-corrected chi connectivity index (χ0v) is 11.3. The molecule has 0 saturated heterocycles. The first-order chi connectivity index (χ1) is 9.59. The Hall–Kier alpha value is -2.34. The highest BCUT2D eigenvalue weighted by Gasteiger charge is 2.36. The minimum Gasteiger partial charge on any atom is -0.306 e. The second-order valence-electron chi connectivity index (χ2n) is 4.42. The standard InChI is InChI=1S/C14H12N2O3S/c17-14-15-12-8-4-5-9-13(12)20(18,19)16(14)10-11-6-2-1-3-7-11/h1-9H,10H2,(H,15,17). The predicted molar refractivity (Wildman–Crippen MR) is 74.6 cm³/mol. The van der Waals surface area contributed by atoms with E-state index < -0.39 is 16.1 Å². The summed E-state index contributed by atoms with van der Waals surface area (Å²) in [5.74, 6) is 0. The Labute approximate surface area is 116 Å². The van der Waals surface area contributed by atoms with Gasteiger partial charge in [-0.15, -0.1) is 0 Å². The molecule has 5 nitrogen and oxygen atoms in total. The Bertz CT molecular complexity index is 757. The lowest BCUT2D eigenvalue weighted by Crippen LogP contribution is -2.43. The summed E-state index contributed by atoms with van der Waals surface area (Å²) in [6.07, 6.45) is 0. The molecule has 0 spiro atoms. The molecular formula is C14H12N2O3S. The molecule has 102 valence electrons. The molecule has 0 bridgehead atoms. The number of anilines is 1. The maximum Gasteiger partial charge on any atom is 0.336 e. The number of carbonyl (C=O) groups is 1. The minimum absolute atomic E-state index is 0.0172. The number of benzene rings is 2. The summed E-state index contributed by atoms with van der Waals surface area (Å²) in [4.78, 5) is 12.1. The number of nitrogens with one attached hydrogen (secondary N) is 1. The monoisotopic (exact) mass is 288 g/mol. The van der Waals surface area contributed by atoms with Gasteiger partial charge in [-0.1, -0.05) is 42.5 Å². The van der Waals surface area contributed by atoms with Crippen molar-refractivity contribution in [3.63, 3.8) is 0 Å². The molecule has 1 aliphatic rings. The summed E-state index contributed by atoms with van der Waals surface area (Å²) >= 11 is 0. The number of fused-ring (bicyclic) bond motifs is 1. The number of amides is 2. The average molecular weight is 288 g/mol. The van der Waals surface area contributed by atoms with Crippen LogP contribution < -0.4 is 5.32 Å². The predicted octanol–water partition coefficient (Wildman–Crippen LogP) is 2.42. The summed E-state index contributed by atoms with van der Waals surface area (Å²) in [7, 11) is -3.81. The third kappa shape index (κ3) is 2.04. The normalized spacial score (nSPS) is 16.4. The van der Waals surface area contributed by atoms with E-state index in [9.17, 15) is 13.2 Å². The quantitative estimate of drug-likeness (QED) is 0.923. The molecule has 2 aromatic rings. The fraction of sp³-hybridized carbons (Fsp3) is 0.0714. The van der Waals surface area contributed by atoms with Crippen LogP contribution in [-0.4, -0.2) is 18.8 Å². The van der Waals surface area contributed by atoms with Crippen LogP contribution in [0.4, 0.5) is 10.5 Å². The highest BCUT2D eigenvalue weighted by Crippen LogP contribution is 2.30. The molecule has 1 N–H and O–H groups in total. The lowest BCUT2D eigenvalue weighted by molar-refractivity contribution is 0.233. The van der Waals surface area contributed by atoms with Crippen molar-refractivity contribution < 1.29 is 13.2 Å². The average Bonchev–Trinajstić information content (AvgIpc) is 2.45. The van der Waals surface area contributed by atoms with Crippen LogP contribution in [0.5, 0.6) is 0 Å². The number of nitrogens with zero attached hydrogens (tertiary/aromatic N) is 1. The SMILES string of the molecule is O=C1Nc2ccccc2S(=O)(=O)N1Cc1ccccc1. The van der Waals surface area contributed by atoms with Crippen LogP contribution in [0.15, 0.2) is 59.5 Å². The summed E-state index contributed by atoms with van der Waals surface area (Å²) in [6, 6.07) is 14.8. The van der Waals surface area contributed by atoms with E-state index in [0.717, 1.165) is 9.87 Å². The van der Waals surface area contributed by atoms with Crippen molar-refractivity contribution in [2.24, 2.45) is 0 Å². The molecule has 0 atom stereocenters. The van der Waals surface area contributed by atoms with E-state index in [4.69, 9.17) is 0 Å². The van der Waals surface area contributed by atoms with Crippen LogP contribution in [0.1, 0.15) is 5.56 Å². The van der Waals surface area contributed by atoms with Crippen LogP contribution in [0.2, 0.25) is 0 Å². The van der Waals surface area contributed by atoms with Crippen molar-refractivity contribution in [2.75, 3.05) is 5.32 Å². The number of para-hydroxylation sites is 1. The summed E-state index contributed by atoms with van der Waals surface area (Å²) in [6.45, 7) is 0.0172. The third-order valence-corrected chi connectivity index (χ3v) is 4.88. The molecule has 3 rings (SSSR count). The lowest BCUT2D eigenvalue weighted by Gasteiger charge is -2.28. The second kappa shape index (κ2) is 4.64. The van der Waals surface area contributed by atoms with E-state index in [1.807, 2.05) is 6.07 Å². The smallest absolute Gasteiger partial charge is 0.306 e. The number of hydrogen-bond acceptors (Lipinski definition) is 3. The van der Waals surface area contributed by atoms with Crippen molar-refractivity contribution in [1.82, 2.24) is 4.31 Å². The molecule has 1 aliphatic heterocycles. The van der Waals surface area contributed by atoms with E-state index in [-0.39, 0.29) is 11.4 Å². The topological polar surface area (TPSA) is 66.5 Å². The second-order valence-corrected chi connectivity index (χ2v) is 6.25. The van der Waals surface area contributed by atoms with Gasteiger partial charge in [0.05, 0.1) is 12.2 Å². The Morgan fingerprint density at radius 1 is 0.950 bits per heavy atom. The first-order valence-electron chi connectivity index (χ1n) is 6.06. The van der Waals surface area contributed by atoms with Crippen molar-refractivity contribution in [1.29, 1.82) is 0 Å². The minimum atomic E-state index is -3.81. The highest BCUT2D eigenvalue weighted by molar-refractivity contribution is 7.90. The molecule has 0 saturated carbocycles. The molecule has 0 unspecified atom stereocenters. The Kier molecular flexibility index (Phi) is 2.94. The van der Waals surface area contributed by atoms with Gasteiger partial charge in [-0.3, -0.25) is 0 Å². The number of sulfonamides is 1. The maximum atomic E-state index is 12.5.